The summed E-state index contributed by atoms with van der Waals surface area (Å²) in [6.07, 6.45) is 13.3. The first-order valence-electron chi connectivity index (χ1n) is 8.78. The molecule has 0 atom stereocenters. The molecular formula is C19H28N2. The van der Waals surface area contributed by atoms with E-state index in [-0.39, 0.29) is 0 Å². The van der Waals surface area contributed by atoms with Crippen LogP contribution in [0.2, 0.25) is 0 Å². The number of rotatable bonds is 3. The van der Waals surface area contributed by atoms with Gasteiger partial charge in [0.25, 0.3) is 0 Å². The lowest BCUT2D eigenvalue weighted by Gasteiger charge is -2.43. The minimum atomic E-state index is 0.606. The van der Waals surface area contributed by atoms with Crippen molar-refractivity contribution < 1.29 is 0 Å². The van der Waals surface area contributed by atoms with Crippen LogP contribution in [-0.2, 0) is 0 Å². The number of hydrogen-bond donors (Lipinski definition) is 1. The van der Waals surface area contributed by atoms with E-state index in [1.54, 1.807) is 0 Å². The first-order valence-corrected chi connectivity index (χ1v) is 8.78. The molecule has 1 aromatic rings. The molecule has 114 valence electrons. The van der Waals surface area contributed by atoms with E-state index in [0.717, 1.165) is 11.4 Å². The third-order valence-corrected chi connectivity index (χ3v) is 5.24. The summed E-state index contributed by atoms with van der Waals surface area (Å²) in [5, 5.41) is 8.79. The molecule has 0 saturated heterocycles. The van der Waals surface area contributed by atoms with Gasteiger partial charge in [0.15, 0.2) is 0 Å². The molecule has 0 heterocycles. The summed E-state index contributed by atoms with van der Waals surface area (Å²) in [5.41, 5.74) is 1.09. The minimum absolute atomic E-state index is 0.606. The Morgan fingerprint density at radius 2 is 1.24 bits per heavy atom. The summed E-state index contributed by atoms with van der Waals surface area (Å²) in [6.45, 7) is 0. The SMILES string of the molecule is N=C(c1ccccc1)N(C1CCCCC1)C1CCCCC1. The van der Waals surface area contributed by atoms with Crippen LogP contribution in [0.4, 0.5) is 0 Å². The van der Waals surface area contributed by atoms with E-state index >= 15 is 0 Å². The number of hydrogen-bond acceptors (Lipinski definition) is 1. The normalized spacial score (nSPS) is 21.1. The Bertz CT molecular complexity index is 424. The monoisotopic (exact) mass is 284 g/mol. The van der Waals surface area contributed by atoms with Crippen molar-refractivity contribution in [1.82, 2.24) is 4.90 Å². The van der Waals surface area contributed by atoms with E-state index in [2.05, 4.69) is 29.2 Å². The Morgan fingerprint density at radius 1 is 0.762 bits per heavy atom. The molecule has 0 spiro atoms. The quantitative estimate of drug-likeness (QED) is 0.615. The van der Waals surface area contributed by atoms with E-state index in [0.29, 0.717) is 12.1 Å². The lowest BCUT2D eigenvalue weighted by Crippen LogP contribution is -2.48. The van der Waals surface area contributed by atoms with Crippen molar-refractivity contribution in [2.75, 3.05) is 0 Å². The Kier molecular flexibility index (Phi) is 4.95. The summed E-state index contributed by atoms with van der Waals surface area (Å²) in [6, 6.07) is 11.6. The van der Waals surface area contributed by atoms with E-state index in [1.807, 2.05) is 6.07 Å². The van der Waals surface area contributed by atoms with Gasteiger partial charge >= 0.3 is 0 Å². The van der Waals surface area contributed by atoms with Crippen molar-refractivity contribution in [2.45, 2.75) is 76.3 Å². The summed E-state index contributed by atoms with van der Waals surface area (Å²) in [7, 11) is 0. The number of amidine groups is 1. The molecule has 0 amide bonds. The maximum absolute atomic E-state index is 8.79. The maximum atomic E-state index is 8.79. The molecule has 0 aliphatic heterocycles. The Labute approximate surface area is 129 Å². The average Bonchev–Trinajstić information content (AvgIpc) is 2.58. The molecule has 2 fully saturated rings. The maximum Gasteiger partial charge on any atom is 0.128 e. The summed E-state index contributed by atoms with van der Waals surface area (Å²) in [5.74, 6) is 0.773. The molecule has 2 aliphatic rings. The zero-order chi connectivity index (χ0) is 14.5. The van der Waals surface area contributed by atoms with Crippen molar-refractivity contribution in [1.29, 1.82) is 5.41 Å². The van der Waals surface area contributed by atoms with Gasteiger partial charge in [-0.3, -0.25) is 5.41 Å². The fraction of sp³-hybridized carbons (Fsp3) is 0.632. The molecule has 2 nitrogen and oxygen atoms in total. The second-order valence-electron chi connectivity index (χ2n) is 6.71. The van der Waals surface area contributed by atoms with Crippen LogP contribution in [0.1, 0.15) is 69.8 Å². The van der Waals surface area contributed by atoms with Crippen LogP contribution in [0.15, 0.2) is 30.3 Å². The van der Waals surface area contributed by atoms with Crippen molar-refractivity contribution in [3.8, 4) is 0 Å². The van der Waals surface area contributed by atoms with Gasteiger partial charge in [-0.2, -0.15) is 0 Å². The number of nitrogens with one attached hydrogen (secondary N) is 1. The van der Waals surface area contributed by atoms with Crippen molar-refractivity contribution in [3.05, 3.63) is 35.9 Å². The standard InChI is InChI=1S/C19H28N2/c20-19(16-10-4-1-5-11-16)21(17-12-6-2-7-13-17)18-14-8-3-9-15-18/h1,4-5,10-11,17-18,20H,2-3,6-9,12-15H2. The molecule has 0 unspecified atom stereocenters. The van der Waals surface area contributed by atoms with E-state index in [9.17, 15) is 0 Å². The Morgan fingerprint density at radius 3 is 1.71 bits per heavy atom. The number of benzene rings is 1. The average molecular weight is 284 g/mol. The highest BCUT2D eigenvalue weighted by Gasteiger charge is 2.30. The molecule has 2 saturated carbocycles. The first-order chi connectivity index (χ1) is 10.4. The van der Waals surface area contributed by atoms with Gasteiger partial charge in [0, 0.05) is 17.6 Å². The molecule has 1 N–H and O–H groups in total. The zero-order valence-electron chi connectivity index (χ0n) is 13.1. The van der Waals surface area contributed by atoms with E-state index in [1.165, 1.54) is 64.2 Å². The fourth-order valence-corrected chi connectivity index (χ4v) is 4.13. The van der Waals surface area contributed by atoms with Crippen LogP contribution in [0, 0.1) is 5.41 Å². The highest BCUT2D eigenvalue weighted by molar-refractivity contribution is 5.96. The second-order valence-corrected chi connectivity index (χ2v) is 6.71. The fourth-order valence-electron chi connectivity index (χ4n) is 4.13. The van der Waals surface area contributed by atoms with Crippen molar-refractivity contribution in [2.24, 2.45) is 0 Å². The molecule has 3 rings (SSSR count). The predicted molar refractivity (Wildman–Crippen MR) is 88.9 cm³/mol. The minimum Gasteiger partial charge on any atom is -0.351 e. The van der Waals surface area contributed by atoms with Crippen LogP contribution in [0.5, 0.6) is 0 Å². The highest BCUT2D eigenvalue weighted by atomic mass is 15.2. The van der Waals surface area contributed by atoms with Gasteiger partial charge in [0.05, 0.1) is 0 Å². The molecule has 0 aromatic heterocycles. The van der Waals surface area contributed by atoms with Crippen LogP contribution in [0.3, 0.4) is 0 Å². The van der Waals surface area contributed by atoms with E-state index < -0.39 is 0 Å². The molecule has 2 aliphatic carbocycles. The topological polar surface area (TPSA) is 27.1 Å². The second kappa shape index (κ2) is 7.11. The first kappa shape index (κ1) is 14.6. The summed E-state index contributed by atoms with van der Waals surface area (Å²) < 4.78 is 0. The third kappa shape index (κ3) is 3.48. The molecule has 2 heteroatoms. The molecule has 1 aromatic carbocycles. The summed E-state index contributed by atoms with van der Waals surface area (Å²) in [4.78, 5) is 2.51. The smallest absolute Gasteiger partial charge is 0.128 e. The Balaban J connectivity index is 1.81. The van der Waals surface area contributed by atoms with Crippen LogP contribution >= 0.6 is 0 Å². The zero-order valence-corrected chi connectivity index (χ0v) is 13.1. The van der Waals surface area contributed by atoms with Gasteiger partial charge in [-0.1, -0.05) is 68.9 Å². The van der Waals surface area contributed by atoms with Crippen molar-refractivity contribution in [3.63, 3.8) is 0 Å². The van der Waals surface area contributed by atoms with Crippen LogP contribution in [-0.4, -0.2) is 22.8 Å². The summed E-state index contributed by atoms with van der Waals surface area (Å²) >= 11 is 0. The molecule has 21 heavy (non-hydrogen) atoms. The van der Waals surface area contributed by atoms with Gasteiger partial charge < -0.3 is 4.90 Å². The number of nitrogens with zero attached hydrogens (tertiary/aromatic N) is 1. The predicted octanol–water partition coefficient (Wildman–Crippen LogP) is 4.98. The third-order valence-electron chi connectivity index (χ3n) is 5.24. The van der Waals surface area contributed by atoms with Crippen molar-refractivity contribution >= 4 is 5.84 Å². The van der Waals surface area contributed by atoms with Gasteiger partial charge in [-0.05, 0) is 25.7 Å². The van der Waals surface area contributed by atoms with Gasteiger partial charge in [0.2, 0.25) is 0 Å². The molecular weight excluding hydrogens is 256 g/mol. The van der Waals surface area contributed by atoms with E-state index in [4.69, 9.17) is 5.41 Å². The van der Waals surface area contributed by atoms with Crippen LogP contribution < -0.4 is 0 Å². The Hall–Kier alpha value is -1.31. The molecule has 0 bridgehead atoms. The van der Waals surface area contributed by atoms with Crippen LogP contribution in [0.25, 0.3) is 0 Å². The largest absolute Gasteiger partial charge is 0.351 e. The van der Waals surface area contributed by atoms with Gasteiger partial charge in [-0.15, -0.1) is 0 Å². The lowest BCUT2D eigenvalue weighted by molar-refractivity contribution is 0.157. The lowest BCUT2D eigenvalue weighted by atomic mass is 9.88. The molecule has 0 radical (unpaired) electrons. The highest BCUT2D eigenvalue weighted by Crippen LogP contribution is 2.31. The van der Waals surface area contributed by atoms with Gasteiger partial charge in [0.1, 0.15) is 5.84 Å². The van der Waals surface area contributed by atoms with Gasteiger partial charge in [-0.25, -0.2) is 0 Å².